The maximum atomic E-state index is 12.4. The third-order valence-corrected chi connectivity index (χ3v) is 6.61. The van der Waals surface area contributed by atoms with Crippen LogP contribution in [0.3, 0.4) is 0 Å². The number of hydrogen-bond donors (Lipinski definition) is 0. The number of ether oxygens (including phenoxy) is 11. The number of carbonyl (C=O) groups is 6. The Hall–Kier alpha value is -3.38. The molecule has 4 aliphatic heterocycles. The van der Waals surface area contributed by atoms with Gasteiger partial charge in [-0.3, -0.25) is 28.8 Å². The molecule has 0 aromatic carbocycles. The van der Waals surface area contributed by atoms with Crippen LogP contribution in [-0.2, 0) is 80.9 Å². The van der Waals surface area contributed by atoms with Gasteiger partial charge in [-0.05, 0) is 0 Å². The van der Waals surface area contributed by atoms with Crippen LogP contribution in [0.5, 0.6) is 0 Å². The minimum atomic E-state index is -2.04. The first-order valence-electron chi connectivity index (χ1n) is 13.3. The largest absolute Gasteiger partial charge is 0.463 e. The van der Waals surface area contributed by atoms with Crippen molar-refractivity contribution < 1.29 is 80.9 Å². The molecule has 4 heterocycles. The van der Waals surface area contributed by atoms with Crippen LogP contribution in [-0.4, -0.2) is 124 Å². The Morgan fingerprint density at radius 3 is 1.81 bits per heavy atom. The van der Waals surface area contributed by atoms with Gasteiger partial charge in [0.05, 0.1) is 13.2 Å². The summed E-state index contributed by atoms with van der Waals surface area (Å²) in [5.41, 5.74) is -2.04. The summed E-state index contributed by atoms with van der Waals surface area (Å²) in [6, 6.07) is 0. The zero-order valence-electron chi connectivity index (χ0n) is 24.8. The monoisotopic (exact) mass is 620 g/mol. The van der Waals surface area contributed by atoms with Crippen molar-refractivity contribution in [3.05, 3.63) is 0 Å². The lowest BCUT2D eigenvalue weighted by atomic mass is 9.83. The van der Waals surface area contributed by atoms with E-state index in [2.05, 4.69) is 0 Å². The number of methoxy groups -OCH3 is 1. The standard InChI is InChI=1S/C26H36O17/c1-11(27)34-9-18-26(43-16(6)32)10-36-25(22(39-14(4)30)23(26)40-15(5)31)42-19-17(8-35-18)41-24(33-7)21(38-13(3)29)20(19)37-12(2)28/h17-25H,8-10H2,1-7H3/t17-,18-,19?,20+,21-,22+,23+,24-,25-,26?/m1/s1. The maximum Gasteiger partial charge on any atom is 0.303 e. The van der Waals surface area contributed by atoms with E-state index >= 15 is 0 Å². The fourth-order valence-corrected chi connectivity index (χ4v) is 5.18. The Morgan fingerprint density at radius 2 is 1.28 bits per heavy atom. The van der Waals surface area contributed by atoms with Crippen molar-refractivity contribution in [1.82, 2.24) is 0 Å². The van der Waals surface area contributed by atoms with E-state index in [1.807, 2.05) is 0 Å². The van der Waals surface area contributed by atoms with E-state index < -0.39 is 117 Å². The fraction of sp³-hybridized carbons (Fsp3) is 0.769. The molecular weight excluding hydrogens is 584 g/mol. The Morgan fingerprint density at radius 1 is 0.698 bits per heavy atom. The van der Waals surface area contributed by atoms with Gasteiger partial charge in [-0.2, -0.15) is 0 Å². The zero-order chi connectivity index (χ0) is 32.1. The molecule has 0 aliphatic carbocycles. The van der Waals surface area contributed by atoms with Gasteiger partial charge >= 0.3 is 35.8 Å². The van der Waals surface area contributed by atoms with E-state index in [9.17, 15) is 28.8 Å². The summed E-state index contributed by atoms with van der Waals surface area (Å²) in [6.07, 6.45) is -12.7. The van der Waals surface area contributed by atoms with Crippen LogP contribution in [0.25, 0.3) is 0 Å². The van der Waals surface area contributed by atoms with E-state index in [0.29, 0.717) is 0 Å². The number of esters is 6. The maximum absolute atomic E-state index is 12.4. The molecule has 0 spiro atoms. The second-order valence-corrected chi connectivity index (χ2v) is 9.98. The number of rotatable bonds is 8. The van der Waals surface area contributed by atoms with Crippen LogP contribution < -0.4 is 0 Å². The topological polar surface area (TPSA) is 204 Å². The molecule has 4 fully saturated rings. The lowest BCUT2D eigenvalue weighted by Gasteiger charge is -2.53. The van der Waals surface area contributed by atoms with Crippen molar-refractivity contribution in [2.24, 2.45) is 0 Å². The molecule has 0 N–H and O–H groups in total. The van der Waals surface area contributed by atoms with E-state index in [4.69, 9.17) is 52.1 Å². The normalized spacial score (nSPS) is 35.4. The summed E-state index contributed by atoms with van der Waals surface area (Å²) in [7, 11) is 1.26. The first kappa shape index (κ1) is 34.1. The van der Waals surface area contributed by atoms with Gasteiger partial charge < -0.3 is 52.1 Å². The highest BCUT2D eigenvalue weighted by atomic mass is 16.8. The second-order valence-electron chi connectivity index (χ2n) is 9.98. The minimum absolute atomic E-state index is 0.401. The molecule has 4 rings (SSSR count). The molecule has 4 aliphatic rings. The average molecular weight is 621 g/mol. The summed E-state index contributed by atoms with van der Waals surface area (Å²) >= 11 is 0. The van der Waals surface area contributed by atoms with Crippen molar-refractivity contribution >= 4 is 35.8 Å². The molecule has 43 heavy (non-hydrogen) atoms. The van der Waals surface area contributed by atoms with Crippen LogP contribution in [0.4, 0.5) is 0 Å². The van der Waals surface area contributed by atoms with Gasteiger partial charge in [0.2, 0.25) is 5.60 Å². The van der Waals surface area contributed by atoms with Gasteiger partial charge in [-0.25, -0.2) is 0 Å². The number of hydrogen-bond acceptors (Lipinski definition) is 17. The van der Waals surface area contributed by atoms with Crippen LogP contribution >= 0.6 is 0 Å². The molecule has 4 saturated heterocycles. The molecule has 0 radical (unpaired) electrons. The van der Waals surface area contributed by atoms with Crippen LogP contribution in [0.15, 0.2) is 0 Å². The smallest absolute Gasteiger partial charge is 0.303 e. The summed E-state index contributed by atoms with van der Waals surface area (Å²) < 4.78 is 62.5. The van der Waals surface area contributed by atoms with Crippen molar-refractivity contribution in [2.75, 3.05) is 26.9 Å². The molecule has 242 valence electrons. The first-order valence-corrected chi connectivity index (χ1v) is 13.3. The van der Waals surface area contributed by atoms with Crippen molar-refractivity contribution in [3.63, 3.8) is 0 Å². The zero-order valence-corrected chi connectivity index (χ0v) is 24.8. The van der Waals surface area contributed by atoms with Crippen molar-refractivity contribution in [2.45, 2.75) is 102 Å². The Bertz CT molecular complexity index is 1080. The molecule has 0 aromatic rings. The van der Waals surface area contributed by atoms with Gasteiger partial charge in [-0.15, -0.1) is 0 Å². The van der Waals surface area contributed by atoms with Gasteiger partial charge in [0.25, 0.3) is 0 Å². The van der Waals surface area contributed by atoms with Gasteiger partial charge in [0.15, 0.2) is 37.0 Å². The molecular formula is C26H36O17. The molecule has 10 atom stereocenters. The highest BCUT2D eigenvalue weighted by Crippen LogP contribution is 2.41. The van der Waals surface area contributed by atoms with E-state index in [0.717, 1.165) is 41.5 Å². The molecule has 2 bridgehead atoms. The first-order chi connectivity index (χ1) is 20.2. The van der Waals surface area contributed by atoms with E-state index in [1.165, 1.54) is 7.11 Å². The minimum Gasteiger partial charge on any atom is -0.463 e. The Kier molecular flexibility index (Phi) is 11.4. The quantitative estimate of drug-likeness (QED) is 0.238. The predicted molar refractivity (Wildman–Crippen MR) is 133 cm³/mol. The van der Waals surface area contributed by atoms with Crippen molar-refractivity contribution in [1.29, 1.82) is 0 Å². The van der Waals surface area contributed by atoms with Crippen LogP contribution in [0, 0.1) is 0 Å². The third-order valence-electron chi connectivity index (χ3n) is 6.61. The van der Waals surface area contributed by atoms with Gasteiger partial charge in [0, 0.05) is 48.7 Å². The lowest BCUT2D eigenvalue weighted by molar-refractivity contribution is -0.377. The molecule has 0 aromatic heterocycles. The molecule has 17 nitrogen and oxygen atoms in total. The Labute approximate surface area is 246 Å². The van der Waals surface area contributed by atoms with Gasteiger partial charge in [-0.1, -0.05) is 0 Å². The number of carbonyl (C=O) groups excluding carboxylic acids is 6. The molecule has 2 unspecified atom stereocenters. The predicted octanol–water partition coefficient (Wildman–Crippen LogP) is -0.910. The Balaban J connectivity index is 2.21. The molecule has 0 amide bonds. The summed E-state index contributed by atoms with van der Waals surface area (Å²) in [5.74, 6) is -4.84. The summed E-state index contributed by atoms with van der Waals surface area (Å²) in [5, 5.41) is 0. The third kappa shape index (κ3) is 8.17. The second kappa shape index (κ2) is 14.4. The SMILES string of the molecule is CO[C@@H]1O[C@@H]2CO[C@H](COC(C)=O)C3(OC(C)=O)CO[C@H](OC2[C@H](OC(C)=O)[C@H]1OC(C)=O)[C@@H](OC(C)=O)[C@@H]3OC(C)=O. The average Bonchev–Trinajstić information content (AvgIpc) is 2.88. The van der Waals surface area contributed by atoms with Crippen LogP contribution in [0.2, 0.25) is 0 Å². The lowest BCUT2D eigenvalue weighted by Crippen LogP contribution is -2.73. The highest BCUT2D eigenvalue weighted by Gasteiger charge is 2.64. The van der Waals surface area contributed by atoms with Crippen LogP contribution in [0.1, 0.15) is 41.5 Å². The van der Waals surface area contributed by atoms with Crippen molar-refractivity contribution in [3.8, 4) is 0 Å². The summed E-state index contributed by atoms with van der Waals surface area (Å²) in [4.78, 5) is 73.0. The fourth-order valence-electron chi connectivity index (χ4n) is 5.18. The summed E-state index contributed by atoms with van der Waals surface area (Å²) in [6.45, 7) is 5.07. The molecule has 0 saturated carbocycles. The number of fused-ring (bicyclic) bond motifs is 4. The van der Waals surface area contributed by atoms with Gasteiger partial charge in [0.1, 0.15) is 24.9 Å². The van der Waals surface area contributed by atoms with E-state index in [1.54, 1.807) is 0 Å². The van der Waals surface area contributed by atoms with E-state index in [-0.39, 0.29) is 0 Å². The highest BCUT2D eigenvalue weighted by molar-refractivity contribution is 5.69. The molecule has 17 heteroatoms.